The minimum absolute atomic E-state index is 0.151. The monoisotopic (exact) mass is 153 g/mol. The summed E-state index contributed by atoms with van der Waals surface area (Å²) in [5.41, 5.74) is 2.95. The van der Waals surface area contributed by atoms with Crippen LogP contribution < -0.4 is 5.48 Å². The molecule has 0 bridgehead atoms. The third-order valence-electron chi connectivity index (χ3n) is 1.56. The fraction of sp³-hybridized carbons (Fsp3) is 0.250. The van der Waals surface area contributed by atoms with Crippen molar-refractivity contribution in [3.05, 3.63) is 29.8 Å². The standard InChI is InChI=1S/C8H11NO2/c1-6(9-11)7-3-2-4-8(10)5-7/h2-6,9-11H,1H3. The van der Waals surface area contributed by atoms with E-state index in [1.807, 2.05) is 6.07 Å². The Morgan fingerprint density at radius 2 is 2.18 bits per heavy atom. The van der Waals surface area contributed by atoms with Gasteiger partial charge in [-0.05, 0) is 24.6 Å². The predicted molar refractivity (Wildman–Crippen MR) is 41.4 cm³/mol. The average Bonchev–Trinajstić information content (AvgIpc) is 2.03. The molecule has 1 aromatic rings. The molecule has 60 valence electrons. The lowest BCUT2D eigenvalue weighted by atomic mass is 10.1. The molecular weight excluding hydrogens is 142 g/mol. The lowest BCUT2D eigenvalue weighted by Crippen LogP contribution is -2.12. The summed E-state index contributed by atoms with van der Waals surface area (Å²) in [6.45, 7) is 1.80. The number of phenols is 1. The summed E-state index contributed by atoms with van der Waals surface area (Å²) < 4.78 is 0. The molecule has 0 aliphatic heterocycles. The van der Waals surface area contributed by atoms with Gasteiger partial charge in [0.2, 0.25) is 0 Å². The second kappa shape index (κ2) is 3.37. The van der Waals surface area contributed by atoms with Gasteiger partial charge in [-0.2, -0.15) is 5.48 Å². The Morgan fingerprint density at radius 3 is 2.73 bits per heavy atom. The number of nitrogens with one attached hydrogen (secondary N) is 1. The van der Waals surface area contributed by atoms with Crippen LogP contribution in [0.4, 0.5) is 0 Å². The van der Waals surface area contributed by atoms with Crippen LogP contribution in [0.15, 0.2) is 24.3 Å². The quantitative estimate of drug-likeness (QED) is 0.563. The molecule has 1 atom stereocenters. The van der Waals surface area contributed by atoms with Crippen LogP contribution >= 0.6 is 0 Å². The third kappa shape index (κ3) is 1.93. The number of rotatable bonds is 2. The first-order valence-electron chi connectivity index (χ1n) is 3.42. The molecule has 1 rings (SSSR count). The van der Waals surface area contributed by atoms with Crippen molar-refractivity contribution in [3.8, 4) is 5.75 Å². The summed E-state index contributed by atoms with van der Waals surface area (Å²) in [5, 5.41) is 17.6. The lowest BCUT2D eigenvalue weighted by Gasteiger charge is -2.08. The molecule has 0 spiro atoms. The van der Waals surface area contributed by atoms with E-state index in [0.717, 1.165) is 5.56 Å². The van der Waals surface area contributed by atoms with Crippen LogP contribution in [0.1, 0.15) is 18.5 Å². The van der Waals surface area contributed by atoms with E-state index in [2.05, 4.69) is 5.48 Å². The molecule has 3 heteroatoms. The molecule has 1 unspecified atom stereocenters. The second-order valence-corrected chi connectivity index (χ2v) is 2.45. The summed E-state index contributed by atoms with van der Waals surface area (Å²) >= 11 is 0. The normalized spacial score (nSPS) is 12.9. The van der Waals surface area contributed by atoms with E-state index in [9.17, 15) is 0 Å². The maximum atomic E-state index is 9.05. The maximum Gasteiger partial charge on any atom is 0.115 e. The number of hydrogen-bond acceptors (Lipinski definition) is 3. The van der Waals surface area contributed by atoms with Crippen molar-refractivity contribution in [3.63, 3.8) is 0 Å². The van der Waals surface area contributed by atoms with Gasteiger partial charge in [-0.3, -0.25) is 0 Å². The van der Waals surface area contributed by atoms with E-state index in [-0.39, 0.29) is 11.8 Å². The molecular formula is C8H11NO2. The van der Waals surface area contributed by atoms with Gasteiger partial charge in [0.05, 0.1) is 6.04 Å². The van der Waals surface area contributed by atoms with E-state index in [1.165, 1.54) is 0 Å². The van der Waals surface area contributed by atoms with Crippen molar-refractivity contribution in [2.45, 2.75) is 13.0 Å². The van der Waals surface area contributed by atoms with Crippen molar-refractivity contribution >= 4 is 0 Å². The van der Waals surface area contributed by atoms with Crippen molar-refractivity contribution in [1.29, 1.82) is 0 Å². The van der Waals surface area contributed by atoms with Gasteiger partial charge in [0.1, 0.15) is 5.75 Å². The van der Waals surface area contributed by atoms with Crippen LogP contribution in [0.25, 0.3) is 0 Å². The smallest absolute Gasteiger partial charge is 0.115 e. The Bertz CT molecular complexity index is 237. The maximum absolute atomic E-state index is 9.05. The lowest BCUT2D eigenvalue weighted by molar-refractivity contribution is 0.133. The Balaban J connectivity index is 2.86. The molecule has 0 amide bonds. The molecule has 0 saturated carbocycles. The highest BCUT2D eigenvalue weighted by atomic mass is 16.5. The molecule has 0 aliphatic carbocycles. The molecule has 0 aliphatic rings. The third-order valence-corrected chi connectivity index (χ3v) is 1.56. The van der Waals surface area contributed by atoms with Gasteiger partial charge >= 0.3 is 0 Å². The molecule has 1 aromatic carbocycles. The fourth-order valence-electron chi connectivity index (χ4n) is 0.869. The second-order valence-electron chi connectivity index (χ2n) is 2.45. The van der Waals surface area contributed by atoms with Gasteiger partial charge in [-0.1, -0.05) is 12.1 Å². The Kier molecular flexibility index (Phi) is 2.46. The predicted octanol–water partition coefficient (Wildman–Crippen LogP) is 1.43. The summed E-state index contributed by atoms with van der Waals surface area (Å²) in [7, 11) is 0. The van der Waals surface area contributed by atoms with Crippen LogP contribution in [0.2, 0.25) is 0 Å². The molecule has 0 aromatic heterocycles. The Morgan fingerprint density at radius 1 is 1.45 bits per heavy atom. The number of aromatic hydroxyl groups is 1. The largest absolute Gasteiger partial charge is 0.508 e. The SMILES string of the molecule is CC(NO)c1cccc(O)c1. The molecule has 0 radical (unpaired) electrons. The molecule has 0 heterocycles. The molecule has 11 heavy (non-hydrogen) atoms. The zero-order valence-electron chi connectivity index (χ0n) is 6.28. The highest BCUT2D eigenvalue weighted by molar-refractivity contribution is 5.28. The van der Waals surface area contributed by atoms with Gasteiger partial charge in [0.15, 0.2) is 0 Å². The number of benzene rings is 1. The van der Waals surface area contributed by atoms with Gasteiger partial charge in [-0.15, -0.1) is 0 Å². The van der Waals surface area contributed by atoms with Crippen LogP contribution in [0.3, 0.4) is 0 Å². The summed E-state index contributed by atoms with van der Waals surface area (Å²) in [6.07, 6.45) is 0. The van der Waals surface area contributed by atoms with Gasteiger partial charge in [0.25, 0.3) is 0 Å². The minimum Gasteiger partial charge on any atom is -0.508 e. The van der Waals surface area contributed by atoms with Gasteiger partial charge in [0, 0.05) is 0 Å². The minimum atomic E-state index is -0.151. The van der Waals surface area contributed by atoms with Crippen molar-refractivity contribution < 1.29 is 10.3 Å². The van der Waals surface area contributed by atoms with Gasteiger partial charge < -0.3 is 10.3 Å². The Hall–Kier alpha value is -1.06. The van der Waals surface area contributed by atoms with Crippen LogP contribution in [-0.2, 0) is 0 Å². The van der Waals surface area contributed by atoms with Crippen molar-refractivity contribution in [2.75, 3.05) is 0 Å². The zero-order valence-corrected chi connectivity index (χ0v) is 6.28. The number of hydroxylamine groups is 1. The first kappa shape index (κ1) is 8.04. The highest BCUT2D eigenvalue weighted by Crippen LogP contribution is 2.16. The van der Waals surface area contributed by atoms with Crippen LogP contribution in [0.5, 0.6) is 5.75 Å². The first-order valence-corrected chi connectivity index (χ1v) is 3.42. The average molecular weight is 153 g/mol. The van der Waals surface area contributed by atoms with Crippen LogP contribution in [-0.4, -0.2) is 10.3 Å². The van der Waals surface area contributed by atoms with Crippen LogP contribution in [0, 0.1) is 0 Å². The van der Waals surface area contributed by atoms with E-state index in [4.69, 9.17) is 10.3 Å². The summed E-state index contributed by atoms with van der Waals surface area (Å²) in [6, 6.07) is 6.61. The first-order chi connectivity index (χ1) is 5.24. The molecule has 0 fully saturated rings. The molecule has 3 nitrogen and oxygen atoms in total. The zero-order chi connectivity index (χ0) is 8.27. The fourth-order valence-corrected chi connectivity index (χ4v) is 0.869. The van der Waals surface area contributed by atoms with E-state index >= 15 is 0 Å². The van der Waals surface area contributed by atoms with Gasteiger partial charge in [-0.25, -0.2) is 0 Å². The van der Waals surface area contributed by atoms with Crippen molar-refractivity contribution in [2.24, 2.45) is 0 Å². The summed E-state index contributed by atoms with van der Waals surface area (Å²) in [4.78, 5) is 0. The van der Waals surface area contributed by atoms with E-state index in [0.29, 0.717) is 0 Å². The van der Waals surface area contributed by atoms with E-state index < -0.39 is 0 Å². The Labute approximate surface area is 65.3 Å². The van der Waals surface area contributed by atoms with E-state index in [1.54, 1.807) is 25.1 Å². The molecule has 0 saturated heterocycles. The number of hydrogen-bond donors (Lipinski definition) is 3. The highest BCUT2D eigenvalue weighted by Gasteiger charge is 2.02. The topological polar surface area (TPSA) is 52.5 Å². The summed E-state index contributed by atoms with van der Waals surface area (Å²) in [5.74, 6) is 0.213. The van der Waals surface area contributed by atoms with Crippen molar-refractivity contribution in [1.82, 2.24) is 5.48 Å². The number of phenolic OH excluding ortho intramolecular Hbond substituents is 1. The molecule has 3 N–H and O–H groups in total.